The van der Waals surface area contributed by atoms with Gasteiger partial charge in [0.15, 0.2) is 0 Å². The summed E-state index contributed by atoms with van der Waals surface area (Å²) in [6.07, 6.45) is 2.25. The molecule has 0 amide bonds. The standard InChI is InChI=1S/C15H17BF2N2O/c1-19-7-8-20(2)15(19)16-10-13(14(17)18)11-5-4-6-12(9-11)21-3/h4-9H,10H2,1-3H3. The van der Waals surface area contributed by atoms with Crippen LogP contribution in [0.25, 0.3) is 5.57 Å². The predicted octanol–water partition coefficient (Wildman–Crippen LogP) is 1.91. The van der Waals surface area contributed by atoms with Crippen LogP contribution < -0.4 is 15.0 Å². The van der Waals surface area contributed by atoms with E-state index >= 15 is 0 Å². The summed E-state index contributed by atoms with van der Waals surface area (Å²) >= 11 is 0. The highest BCUT2D eigenvalue weighted by Crippen LogP contribution is 2.27. The van der Waals surface area contributed by atoms with Crippen LogP contribution >= 0.6 is 0 Å². The van der Waals surface area contributed by atoms with E-state index in [0.29, 0.717) is 11.3 Å². The number of rotatable bonds is 5. The third kappa shape index (κ3) is 3.51. The van der Waals surface area contributed by atoms with Crippen LogP contribution in [0.4, 0.5) is 8.78 Å². The van der Waals surface area contributed by atoms with Gasteiger partial charge in [-0.25, -0.2) is 0 Å². The molecular weight excluding hydrogens is 273 g/mol. The molecule has 21 heavy (non-hydrogen) atoms. The molecule has 3 nitrogen and oxygen atoms in total. The zero-order chi connectivity index (χ0) is 15.4. The van der Waals surface area contributed by atoms with Gasteiger partial charge in [-0.2, -0.15) is 22.4 Å². The first kappa shape index (κ1) is 15.3. The van der Waals surface area contributed by atoms with Gasteiger partial charge in [0, 0.05) is 5.72 Å². The molecule has 0 N–H and O–H groups in total. The molecule has 0 atom stereocenters. The van der Waals surface area contributed by atoms with Crippen LogP contribution in [-0.2, 0) is 14.1 Å². The number of allylic oxidation sites excluding steroid dienone is 1. The molecule has 0 spiro atoms. The van der Waals surface area contributed by atoms with Crippen molar-refractivity contribution in [1.82, 2.24) is 4.57 Å². The van der Waals surface area contributed by atoms with Crippen molar-refractivity contribution in [3.05, 3.63) is 48.3 Å². The van der Waals surface area contributed by atoms with E-state index in [1.807, 2.05) is 35.6 Å². The van der Waals surface area contributed by atoms with E-state index in [0.717, 1.165) is 5.72 Å². The lowest BCUT2D eigenvalue weighted by atomic mass is 9.69. The summed E-state index contributed by atoms with van der Waals surface area (Å²) < 4.78 is 35.4. The highest BCUT2D eigenvalue weighted by molar-refractivity contribution is 6.52. The highest BCUT2D eigenvalue weighted by atomic mass is 19.3. The van der Waals surface area contributed by atoms with Gasteiger partial charge < -0.3 is 4.74 Å². The van der Waals surface area contributed by atoms with Crippen LogP contribution in [0.3, 0.4) is 0 Å². The minimum absolute atomic E-state index is 0.00935. The Morgan fingerprint density at radius 3 is 2.71 bits per heavy atom. The number of hydrogen-bond donors (Lipinski definition) is 0. The Bertz CT molecular complexity index is 644. The number of aryl methyl sites for hydroxylation is 2. The van der Waals surface area contributed by atoms with Gasteiger partial charge in [-0.1, -0.05) is 12.1 Å². The van der Waals surface area contributed by atoms with Crippen LogP contribution in [0.5, 0.6) is 5.75 Å². The van der Waals surface area contributed by atoms with Crippen molar-refractivity contribution in [2.75, 3.05) is 7.11 Å². The lowest BCUT2D eigenvalue weighted by Gasteiger charge is -2.16. The largest absolute Gasteiger partial charge is 0.497 e. The molecule has 0 aliphatic heterocycles. The third-order valence-corrected chi connectivity index (χ3v) is 3.37. The lowest BCUT2D eigenvalue weighted by molar-refractivity contribution is -0.653. The summed E-state index contributed by atoms with van der Waals surface area (Å²) in [4.78, 5) is 0. The van der Waals surface area contributed by atoms with E-state index in [1.165, 1.54) is 7.11 Å². The van der Waals surface area contributed by atoms with E-state index < -0.39 is 6.08 Å². The van der Waals surface area contributed by atoms with E-state index in [4.69, 9.17) is 4.74 Å². The monoisotopic (exact) mass is 290 g/mol. The minimum Gasteiger partial charge on any atom is -0.497 e. The van der Waals surface area contributed by atoms with Crippen LogP contribution in [0.15, 0.2) is 42.7 Å². The molecule has 6 heteroatoms. The summed E-state index contributed by atoms with van der Waals surface area (Å²) in [5.74, 6) is 0.565. The normalized spacial score (nSPS) is 10.5. The van der Waals surface area contributed by atoms with Crippen LogP contribution in [0.2, 0.25) is 6.32 Å². The number of methoxy groups -OCH3 is 1. The summed E-state index contributed by atoms with van der Waals surface area (Å²) in [6, 6.07) is 6.72. The molecule has 110 valence electrons. The third-order valence-electron chi connectivity index (χ3n) is 3.37. The molecule has 0 fully saturated rings. The molecule has 0 bridgehead atoms. The zero-order valence-corrected chi connectivity index (χ0v) is 12.3. The van der Waals surface area contributed by atoms with E-state index in [9.17, 15) is 8.78 Å². The Hall–Kier alpha value is -2.11. The van der Waals surface area contributed by atoms with Crippen molar-refractivity contribution in [3.8, 4) is 5.75 Å². The molecule has 1 aromatic heterocycles. The molecule has 0 aliphatic carbocycles. The molecule has 0 saturated heterocycles. The van der Waals surface area contributed by atoms with Gasteiger partial charge in [0.2, 0.25) is 0 Å². The van der Waals surface area contributed by atoms with Crippen molar-refractivity contribution in [1.29, 1.82) is 0 Å². The van der Waals surface area contributed by atoms with Crippen molar-refractivity contribution in [2.45, 2.75) is 6.32 Å². The zero-order valence-electron chi connectivity index (χ0n) is 12.3. The maximum atomic E-state index is 13.3. The second kappa shape index (κ2) is 6.56. The van der Waals surface area contributed by atoms with Gasteiger partial charge in [0.25, 0.3) is 6.08 Å². The van der Waals surface area contributed by atoms with Crippen LogP contribution in [0.1, 0.15) is 5.56 Å². The summed E-state index contributed by atoms with van der Waals surface area (Å²) in [5, 5.41) is 0. The first-order chi connectivity index (χ1) is 10.0. The number of aromatic nitrogens is 2. The molecular formula is C15H17BF2N2O. The van der Waals surface area contributed by atoms with Gasteiger partial charge >= 0.3 is 0 Å². The highest BCUT2D eigenvalue weighted by Gasteiger charge is 2.08. The maximum Gasteiger partial charge on any atom is 0.270 e. The lowest BCUT2D eigenvalue weighted by Crippen LogP contribution is -2.49. The Balaban J connectivity index is 2.23. The number of ether oxygens (including phenoxy) is 1. The molecule has 2 aromatic rings. The van der Waals surface area contributed by atoms with E-state index in [2.05, 4.69) is 0 Å². The van der Waals surface area contributed by atoms with E-state index in [1.54, 1.807) is 31.5 Å². The Labute approximate surface area is 123 Å². The second-order valence-electron chi connectivity index (χ2n) is 4.76. The molecule has 0 aliphatic rings. The molecule has 0 saturated carbocycles. The molecule has 0 unspecified atom stereocenters. The number of nitrogens with zero attached hydrogens (tertiary/aromatic N) is 2. The first-order valence-corrected chi connectivity index (χ1v) is 6.55. The predicted molar refractivity (Wildman–Crippen MR) is 78.9 cm³/mol. The summed E-state index contributed by atoms with van der Waals surface area (Å²) in [7, 11) is 7.07. The molecule has 1 aromatic carbocycles. The fourth-order valence-electron chi connectivity index (χ4n) is 2.20. The molecule has 2 radical (unpaired) electrons. The fraction of sp³-hybridized carbons (Fsp3) is 0.267. The van der Waals surface area contributed by atoms with Gasteiger partial charge in [-0.05, 0) is 23.3 Å². The number of hydrogen-bond acceptors (Lipinski definition) is 1. The average Bonchev–Trinajstić information content (AvgIpc) is 2.79. The SMILES string of the molecule is COc1cccc(C(C[B-]c2n(C)cc[n+]2C)=C(F)F)c1. The van der Waals surface area contributed by atoms with Crippen molar-refractivity contribution < 1.29 is 18.1 Å². The Kier molecular flexibility index (Phi) is 4.78. The Morgan fingerprint density at radius 1 is 1.38 bits per heavy atom. The Morgan fingerprint density at radius 2 is 2.14 bits per heavy atom. The van der Waals surface area contributed by atoms with Crippen LogP contribution in [-0.4, -0.2) is 19.0 Å². The minimum atomic E-state index is -1.67. The van der Waals surface area contributed by atoms with E-state index in [-0.39, 0.29) is 11.9 Å². The summed E-state index contributed by atoms with van der Waals surface area (Å²) in [6.45, 7) is 0. The number of halogens is 2. The molecule has 1 heterocycles. The van der Waals surface area contributed by atoms with Gasteiger partial charge in [-0.15, -0.1) is 0 Å². The second-order valence-corrected chi connectivity index (χ2v) is 4.76. The summed E-state index contributed by atoms with van der Waals surface area (Å²) in [5.41, 5.74) is 1.36. The van der Waals surface area contributed by atoms with Crippen LogP contribution in [0, 0.1) is 0 Å². The smallest absolute Gasteiger partial charge is 0.270 e. The van der Waals surface area contributed by atoms with Crippen molar-refractivity contribution >= 4 is 18.6 Å². The maximum absolute atomic E-state index is 13.3. The number of imidazole rings is 1. The first-order valence-electron chi connectivity index (χ1n) is 6.55. The van der Waals surface area contributed by atoms with Crippen molar-refractivity contribution in [2.24, 2.45) is 14.1 Å². The topological polar surface area (TPSA) is 18.0 Å². The quantitative estimate of drug-likeness (QED) is 0.607. The average molecular weight is 290 g/mol. The number of benzene rings is 1. The van der Waals surface area contributed by atoms with Crippen molar-refractivity contribution in [3.63, 3.8) is 0 Å². The van der Waals surface area contributed by atoms with Gasteiger partial charge in [0.05, 0.1) is 21.2 Å². The van der Waals surface area contributed by atoms with Gasteiger partial charge in [0.1, 0.15) is 18.1 Å². The fourth-order valence-corrected chi connectivity index (χ4v) is 2.20. The van der Waals surface area contributed by atoms with Gasteiger partial charge in [-0.3, -0.25) is 9.13 Å². The molecule has 2 rings (SSSR count).